The number of nitrogens with one attached hydrogen (secondary N) is 2. The zero-order valence-corrected chi connectivity index (χ0v) is 13.4. The molecule has 0 spiro atoms. The molecule has 0 saturated carbocycles. The van der Waals surface area contributed by atoms with Gasteiger partial charge in [-0.2, -0.15) is 5.10 Å². The first kappa shape index (κ1) is 15.0. The van der Waals surface area contributed by atoms with E-state index in [4.69, 9.17) is 4.74 Å². The maximum absolute atomic E-state index is 5.39. The maximum atomic E-state index is 5.39. The Bertz CT molecular complexity index is 794. The molecule has 4 rings (SSSR count). The number of hydrogen-bond acceptors (Lipinski definition) is 6. The lowest BCUT2D eigenvalue weighted by Gasteiger charge is -2.26. The van der Waals surface area contributed by atoms with Crippen molar-refractivity contribution in [2.45, 2.75) is 13.1 Å². The van der Waals surface area contributed by atoms with Crippen LogP contribution in [0.1, 0.15) is 11.1 Å². The summed E-state index contributed by atoms with van der Waals surface area (Å²) in [4.78, 5) is 10.9. The number of aromatic nitrogens is 4. The molecule has 0 aliphatic carbocycles. The zero-order chi connectivity index (χ0) is 16.2. The Morgan fingerprint density at radius 2 is 1.88 bits per heavy atom. The average molecular weight is 324 g/mol. The fraction of sp³-hybridized carbons (Fsp3) is 0.353. The predicted octanol–water partition coefficient (Wildman–Crippen LogP) is 1.80. The third-order valence-electron chi connectivity index (χ3n) is 4.24. The molecule has 1 aliphatic heterocycles. The second kappa shape index (κ2) is 6.94. The van der Waals surface area contributed by atoms with Gasteiger partial charge in [0.25, 0.3) is 0 Å². The van der Waals surface area contributed by atoms with Gasteiger partial charge in [0.15, 0.2) is 5.65 Å². The van der Waals surface area contributed by atoms with Gasteiger partial charge in [0.1, 0.15) is 12.1 Å². The summed E-state index contributed by atoms with van der Waals surface area (Å²) in [6, 6.07) is 8.72. The van der Waals surface area contributed by atoms with Crippen molar-refractivity contribution in [3.8, 4) is 0 Å². The van der Waals surface area contributed by atoms with Gasteiger partial charge < -0.3 is 10.1 Å². The third kappa shape index (κ3) is 3.37. The molecular formula is C17H20N6O. The van der Waals surface area contributed by atoms with Crippen LogP contribution >= 0.6 is 0 Å². The van der Waals surface area contributed by atoms with Crippen LogP contribution in [-0.4, -0.2) is 51.4 Å². The van der Waals surface area contributed by atoms with Crippen LogP contribution < -0.4 is 5.32 Å². The minimum atomic E-state index is 0.717. The second-order valence-electron chi connectivity index (χ2n) is 5.91. The predicted molar refractivity (Wildman–Crippen MR) is 91.5 cm³/mol. The Kier molecular flexibility index (Phi) is 4.35. The lowest BCUT2D eigenvalue weighted by molar-refractivity contribution is 0.0342. The topological polar surface area (TPSA) is 79.0 Å². The van der Waals surface area contributed by atoms with E-state index in [1.54, 1.807) is 6.20 Å². The van der Waals surface area contributed by atoms with E-state index in [0.717, 1.165) is 56.2 Å². The van der Waals surface area contributed by atoms with Crippen LogP contribution in [0.15, 0.2) is 36.8 Å². The van der Waals surface area contributed by atoms with Crippen molar-refractivity contribution in [2.24, 2.45) is 0 Å². The summed E-state index contributed by atoms with van der Waals surface area (Å²) in [5.41, 5.74) is 3.30. The summed E-state index contributed by atoms with van der Waals surface area (Å²) < 4.78 is 5.39. The highest BCUT2D eigenvalue weighted by atomic mass is 16.5. The van der Waals surface area contributed by atoms with E-state index < -0.39 is 0 Å². The zero-order valence-electron chi connectivity index (χ0n) is 13.4. The molecule has 0 amide bonds. The number of fused-ring (bicyclic) bond motifs is 1. The van der Waals surface area contributed by atoms with E-state index >= 15 is 0 Å². The highest BCUT2D eigenvalue weighted by molar-refractivity contribution is 5.85. The Morgan fingerprint density at radius 1 is 1.08 bits per heavy atom. The van der Waals surface area contributed by atoms with Crippen LogP contribution in [0, 0.1) is 0 Å². The van der Waals surface area contributed by atoms with Crippen LogP contribution in [0.4, 0.5) is 5.82 Å². The van der Waals surface area contributed by atoms with Gasteiger partial charge in [-0.05, 0) is 11.1 Å². The van der Waals surface area contributed by atoms with Crippen LogP contribution in [0.5, 0.6) is 0 Å². The minimum absolute atomic E-state index is 0.717. The monoisotopic (exact) mass is 324 g/mol. The van der Waals surface area contributed by atoms with Crippen molar-refractivity contribution in [1.82, 2.24) is 25.1 Å². The largest absolute Gasteiger partial charge is 0.379 e. The summed E-state index contributed by atoms with van der Waals surface area (Å²) >= 11 is 0. The van der Waals surface area contributed by atoms with Gasteiger partial charge in [0.05, 0.1) is 24.8 Å². The van der Waals surface area contributed by atoms with Crippen molar-refractivity contribution in [3.05, 3.63) is 47.9 Å². The maximum Gasteiger partial charge on any atom is 0.160 e. The third-order valence-corrected chi connectivity index (χ3v) is 4.24. The molecule has 1 aromatic carbocycles. The van der Waals surface area contributed by atoms with Gasteiger partial charge in [-0.3, -0.25) is 10.00 Å². The smallest absolute Gasteiger partial charge is 0.160 e. The number of H-pyrrole nitrogens is 1. The van der Waals surface area contributed by atoms with E-state index in [0.29, 0.717) is 0 Å². The van der Waals surface area contributed by atoms with Crippen LogP contribution in [0.25, 0.3) is 11.0 Å². The molecule has 7 heteroatoms. The minimum Gasteiger partial charge on any atom is -0.379 e. The van der Waals surface area contributed by atoms with Crippen LogP contribution in [0.3, 0.4) is 0 Å². The van der Waals surface area contributed by atoms with Crippen molar-refractivity contribution >= 4 is 16.9 Å². The number of nitrogens with zero attached hydrogens (tertiary/aromatic N) is 4. The second-order valence-corrected chi connectivity index (χ2v) is 5.91. The first-order valence-corrected chi connectivity index (χ1v) is 8.14. The Hall–Kier alpha value is -2.51. The highest BCUT2D eigenvalue weighted by Gasteiger charge is 2.10. The van der Waals surface area contributed by atoms with E-state index in [-0.39, 0.29) is 0 Å². The van der Waals surface area contributed by atoms with Gasteiger partial charge in [-0.1, -0.05) is 24.3 Å². The fourth-order valence-corrected chi connectivity index (χ4v) is 2.87. The number of rotatable bonds is 5. The molecule has 3 aromatic rings. The SMILES string of the molecule is c1nc(NCc2ccc(CN3CCOCC3)cc2)c2cn[nH]c2n1. The molecule has 2 aromatic heterocycles. The molecule has 0 bridgehead atoms. The Balaban J connectivity index is 1.37. The Labute approximate surface area is 140 Å². The first-order chi connectivity index (χ1) is 11.9. The average Bonchev–Trinajstić information content (AvgIpc) is 3.11. The molecule has 1 fully saturated rings. The van der Waals surface area contributed by atoms with E-state index in [9.17, 15) is 0 Å². The molecular weight excluding hydrogens is 304 g/mol. The van der Waals surface area contributed by atoms with Gasteiger partial charge >= 0.3 is 0 Å². The number of aromatic amines is 1. The van der Waals surface area contributed by atoms with Crippen molar-refractivity contribution < 1.29 is 4.74 Å². The van der Waals surface area contributed by atoms with Gasteiger partial charge in [-0.15, -0.1) is 0 Å². The summed E-state index contributed by atoms with van der Waals surface area (Å²) in [7, 11) is 0. The van der Waals surface area contributed by atoms with Crippen molar-refractivity contribution in [1.29, 1.82) is 0 Å². The number of hydrogen-bond donors (Lipinski definition) is 2. The lowest BCUT2D eigenvalue weighted by Crippen LogP contribution is -2.35. The molecule has 7 nitrogen and oxygen atoms in total. The lowest BCUT2D eigenvalue weighted by atomic mass is 10.1. The number of morpholine rings is 1. The molecule has 2 N–H and O–H groups in total. The van der Waals surface area contributed by atoms with E-state index in [1.165, 1.54) is 17.5 Å². The molecule has 0 radical (unpaired) electrons. The van der Waals surface area contributed by atoms with E-state index in [2.05, 4.69) is 54.6 Å². The molecule has 24 heavy (non-hydrogen) atoms. The van der Waals surface area contributed by atoms with Crippen molar-refractivity contribution in [3.63, 3.8) is 0 Å². The van der Waals surface area contributed by atoms with Crippen LogP contribution in [-0.2, 0) is 17.8 Å². The fourth-order valence-electron chi connectivity index (χ4n) is 2.87. The van der Waals surface area contributed by atoms with E-state index in [1.807, 2.05) is 0 Å². The molecule has 0 unspecified atom stereocenters. The quantitative estimate of drug-likeness (QED) is 0.745. The summed E-state index contributed by atoms with van der Waals surface area (Å²) in [5.74, 6) is 0.797. The number of benzene rings is 1. The summed E-state index contributed by atoms with van der Waals surface area (Å²) in [6.07, 6.45) is 3.28. The first-order valence-electron chi connectivity index (χ1n) is 8.14. The van der Waals surface area contributed by atoms with Crippen LogP contribution in [0.2, 0.25) is 0 Å². The molecule has 0 atom stereocenters. The molecule has 1 saturated heterocycles. The van der Waals surface area contributed by atoms with Crippen molar-refractivity contribution in [2.75, 3.05) is 31.6 Å². The molecule has 1 aliphatic rings. The molecule has 124 valence electrons. The van der Waals surface area contributed by atoms with Gasteiger partial charge in [-0.25, -0.2) is 9.97 Å². The Morgan fingerprint density at radius 3 is 2.71 bits per heavy atom. The summed E-state index contributed by atoms with van der Waals surface area (Å²) in [6.45, 7) is 5.40. The normalized spacial score (nSPS) is 15.7. The summed E-state index contributed by atoms with van der Waals surface area (Å²) in [5, 5.41) is 11.1. The standard InChI is InChI=1S/C17H20N6O/c1-3-14(11-23-5-7-24-8-6-23)4-2-13(1)9-18-16-15-10-21-22-17(15)20-12-19-16/h1-4,10,12H,5-9,11H2,(H2,18,19,20,21,22). The molecule has 3 heterocycles. The highest BCUT2D eigenvalue weighted by Crippen LogP contribution is 2.17. The number of ether oxygens (including phenoxy) is 1. The number of anilines is 1. The van der Waals surface area contributed by atoms with Gasteiger partial charge in [0, 0.05) is 26.2 Å². The van der Waals surface area contributed by atoms with Gasteiger partial charge in [0.2, 0.25) is 0 Å².